The Morgan fingerprint density at radius 2 is 1.75 bits per heavy atom. The summed E-state index contributed by atoms with van der Waals surface area (Å²) in [7, 11) is 0. The number of fused-ring (bicyclic) bond motifs is 1. The number of aliphatic hydroxyl groups excluding tert-OH is 1. The van der Waals surface area contributed by atoms with Crippen molar-refractivity contribution in [3.63, 3.8) is 0 Å². The molecule has 1 heterocycles. The highest BCUT2D eigenvalue weighted by molar-refractivity contribution is 6.35. The first-order chi connectivity index (χ1) is 11.5. The molecule has 0 bridgehead atoms. The first kappa shape index (κ1) is 16.8. The van der Waals surface area contributed by atoms with Crippen LogP contribution in [0.15, 0.2) is 52.1 Å². The zero-order valence-corrected chi connectivity index (χ0v) is 14.1. The quantitative estimate of drug-likeness (QED) is 0.773. The predicted octanol–water partition coefficient (Wildman–Crippen LogP) is 2.51. The zero-order valence-electron chi connectivity index (χ0n) is 12.6. The summed E-state index contributed by atoms with van der Waals surface area (Å²) in [5.41, 5.74) is 0.331. The Bertz CT molecular complexity index is 1020. The van der Waals surface area contributed by atoms with Crippen LogP contribution >= 0.6 is 23.2 Å². The van der Waals surface area contributed by atoms with Gasteiger partial charge in [0, 0.05) is 10.0 Å². The second-order valence-electron chi connectivity index (χ2n) is 5.30. The van der Waals surface area contributed by atoms with E-state index < -0.39 is 11.2 Å². The lowest BCUT2D eigenvalue weighted by atomic mass is 10.2. The van der Waals surface area contributed by atoms with Crippen molar-refractivity contribution in [3.05, 3.63) is 78.9 Å². The maximum atomic E-state index is 12.7. The predicted molar refractivity (Wildman–Crippen MR) is 95.1 cm³/mol. The molecule has 3 aromatic rings. The zero-order chi connectivity index (χ0) is 17.3. The second-order valence-corrected chi connectivity index (χ2v) is 6.15. The molecule has 0 aliphatic heterocycles. The summed E-state index contributed by atoms with van der Waals surface area (Å²) < 4.78 is 2.51. The molecule has 0 fully saturated rings. The van der Waals surface area contributed by atoms with Crippen molar-refractivity contribution in [2.24, 2.45) is 0 Å². The monoisotopic (exact) mass is 364 g/mol. The summed E-state index contributed by atoms with van der Waals surface area (Å²) in [6.07, 6.45) is 0. The number of nitrogens with zero attached hydrogens (tertiary/aromatic N) is 2. The van der Waals surface area contributed by atoms with Crippen molar-refractivity contribution in [1.82, 2.24) is 9.13 Å². The molecule has 24 heavy (non-hydrogen) atoms. The minimum absolute atomic E-state index is 0.0587. The van der Waals surface area contributed by atoms with Gasteiger partial charge in [-0.3, -0.25) is 13.9 Å². The Morgan fingerprint density at radius 3 is 2.46 bits per heavy atom. The van der Waals surface area contributed by atoms with Crippen LogP contribution in [0.4, 0.5) is 0 Å². The standard InChI is InChI=1S/C17H14Cl2N2O3/c18-12-6-5-11(14(19)9-12)10-21-15-4-2-1-3-13(15)16(23)20(7-8-22)17(21)24/h1-6,9,22H,7-8,10H2. The maximum Gasteiger partial charge on any atom is 0.331 e. The summed E-state index contributed by atoms with van der Waals surface area (Å²) in [5.74, 6) is 0. The summed E-state index contributed by atoms with van der Waals surface area (Å²) in [6.45, 7) is -0.160. The van der Waals surface area contributed by atoms with Crippen molar-refractivity contribution >= 4 is 34.1 Å². The van der Waals surface area contributed by atoms with E-state index in [2.05, 4.69) is 0 Å². The van der Waals surface area contributed by atoms with Gasteiger partial charge >= 0.3 is 5.69 Å². The van der Waals surface area contributed by atoms with Crippen LogP contribution in [0.3, 0.4) is 0 Å². The number of aromatic nitrogens is 2. The topological polar surface area (TPSA) is 64.2 Å². The summed E-state index contributed by atoms with van der Waals surface area (Å²) in [4.78, 5) is 25.2. The molecule has 0 unspecified atom stereocenters. The fourth-order valence-electron chi connectivity index (χ4n) is 2.64. The number of para-hydroxylation sites is 1. The van der Waals surface area contributed by atoms with Crippen LogP contribution in [-0.4, -0.2) is 20.8 Å². The summed E-state index contributed by atoms with van der Waals surface area (Å²) in [5, 5.41) is 10.5. The fraction of sp³-hybridized carbons (Fsp3) is 0.176. The number of hydrogen-bond donors (Lipinski definition) is 1. The van der Waals surface area contributed by atoms with Crippen molar-refractivity contribution in [2.45, 2.75) is 13.1 Å². The first-order valence-electron chi connectivity index (χ1n) is 7.30. The molecule has 2 aromatic carbocycles. The van der Waals surface area contributed by atoms with Gasteiger partial charge in [0.1, 0.15) is 0 Å². The molecule has 0 amide bonds. The summed E-state index contributed by atoms with van der Waals surface area (Å²) >= 11 is 12.1. The van der Waals surface area contributed by atoms with E-state index in [4.69, 9.17) is 28.3 Å². The number of halogens is 2. The Balaban J connectivity index is 2.26. The van der Waals surface area contributed by atoms with E-state index in [-0.39, 0.29) is 19.7 Å². The highest BCUT2D eigenvalue weighted by Crippen LogP contribution is 2.22. The van der Waals surface area contributed by atoms with E-state index in [9.17, 15) is 9.59 Å². The van der Waals surface area contributed by atoms with Gasteiger partial charge in [-0.05, 0) is 29.8 Å². The second kappa shape index (κ2) is 6.81. The third-order valence-electron chi connectivity index (χ3n) is 3.80. The molecule has 3 rings (SSSR count). The molecule has 0 radical (unpaired) electrons. The molecular formula is C17H14Cl2N2O3. The Labute approximate surface area is 147 Å². The summed E-state index contributed by atoms with van der Waals surface area (Å²) in [6, 6.07) is 11.9. The van der Waals surface area contributed by atoms with Crippen molar-refractivity contribution in [1.29, 1.82) is 0 Å². The van der Waals surface area contributed by atoms with Gasteiger partial charge in [-0.25, -0.2) is 4.79 Å². The fourth-order valence-corrected chi connectivity index (χ4v) is 3.11. The van der Waals surface area contributed by atoms with Gasteiger partial charge in [0.25, 0.3) is 5.56 Å². The van der Waals surface area contributed by atoms with E-state index >= 15 is 0 Å². The lowest BCUT2D eigenvalue weighted by molar-refractivity contribution is 0.270. The number of benzene rings is 2. The van der Waals surface area contributed by atoms with Gasteiger partial charge in [0.05, 0.1) is 30.6 Å². The van der Waals surface area contributed by atoms with Crippen LogP contribution in [-0.2, 0) is 13.1 Å². The first-order valence-corrected chi connectivity index (χ1v) is 8.05. The molecule has 1 N–H and O–H groups in total. The molecule has 0 aliphatic rings. The van der Waals surface area contributed by atoms with Gasteiger partial charge in [-0.2, -0.15) is 0 Å². The van der Waals surface area contributed by atoms with Crippen molar-refractivity contribution < 1.29 is 5.11 Å². The molecule has 7 heteroatoms. The highest BCUT2D eigenvalue weighted by Gasteiger charge is 2.14. The van der Waals surface area contributed by atoms with Crippen LogP contribution in [0.25, 0.3) is 10.9 Å². The Hall–Kier alpha value is -2.08. The lowest BCUT2D eigenvalue weighted by Gasteiger charge is -2.14. The van der Waals surface area contributed by atoms with Crippen LogP contribution < -0.4 is 11.2 Å². The minimum atomic E-state index is -0.487. The average molecular weight is 365 g/mol. The highest BCUT2D eigenvalue weighted by atomic mass is 35.5. The van der Waals surface area contributed by atoms with Gasteiger partial charge in [-0.15, -0.1) is 0 Å². The minimum Gasteiger partial charge on any atom is -0.395 e. The third kappa shape index (κ3) is 2.98. The van der Waals surface area contributed by atoms with E-state index in [1.165, 1.54) is 4.57 Å². The number of aliphatic hydroxyl groups is 1. The average Bonchev–Trinajstić information content (AvgIpc) is 2.57. The van der Waals surface area contributed by atoms with Crippen LogP contribution in [0.2, 0.25) is 10.0 Å². The number of hydrogen-bond acceptors (Lipinski definition) is 3. The van der Waals surface area contributed by atoms with Crippen LogP contribution in [0.1, 0.15) is 5.56 Å². The van der Waals surface area contributed by atoms with E-state index in [1.807, 2.05) is 0 Å². The molecule has 124 valence electrons. The van der Waals surface area contributed by atoms with E-state index in [1.54, 1.807) is 42.5 Å². The molecule has 0 atom stereocenters. The lowest BCUT2D eigenvalue weighted by Crippen LogP contribution is -2.41. The molecule has 5 nitrogen and oxygen atoms in total. The molecule has 0 aliphatic carbocycles. The largest absolute Gasteiger partial charge is 0.395 e. The van der Waals surface area contributed by atoms with Crippen LogP contribution in [0.5, 0.6) is 0 Å². The van der Waals surface area contributed by atoms with Crippen molar-refractivity contribution in [2.75, 3.05) is 6.61 Å². The van der Waals surface area contributed by atoms with Gasteiger partial charge in [0.15, 0.2) is 0 Å². The van der Waals surface area contributed by atoms with Crippen molar-refractivity contribution in [3.8, 4) is 0 Å². The third-order valence-corrected chi connectivity index (χ3v) is 4.39. The van der Waals surface area contributed by atoms with E-state index in [0.29, 0.717) is 26.5 Å². The Kier molecular flexibility index (Phi) is 4.76. The molecule has 1 aromatic heterocycles. The number of rotatable bonds is 4. The van der Waals surface area contributed by atoms with E-state index in [0.717, 1.165) is 4.57 Å². The maximum absolute atomic E-state index is 12.7. The van der Waals surface area contributed by atoms with Crippen LogP contribution in [0, 0.1) is 0 Å². The van der Waals surface area contributed by atoms with Gasteiger partial charge < -0.3 is 5.11 Å². The molecule has 0 saturated carbocycles. The molecular weight excluding hydrogens is 351 g/mol. The molecule has 0 spiro atoms. The molecule has 0 saturated heterocycles. The SMILES string of the molecule is O=c1c2ccccc2n(Cc2ccc(Cl)cc2Cl)c(=O)n1CCO. The van der Waals surface area contributed by atoms with Gasteiger partial charge in [-0.1, -0.05) is 41.4 Å². The Morgan fingerprint density at radius 1 is 1.00 bits per heavy atom. The normalized spacial score (nSPS) is 11.1. The smallest absolute Gasteiger partial charge is 0.331 e. The van der Waals surface area contributed by atoms with Gasteiger partial charge in [0.2, 0.25) is 0 Å².